The molecule has 1 saturated carbocycles. The van der Waals surface area contributed by atoms with E-state index in [0.29, 0.717) is 18.0 Å². The highest BCUT2D eigenvalue weighted by Gasteiger charge is 2.51. The first-order chi connectivity index (χ1) is 15.0. The largest absolute Gasteiger partial charge is 0.361 e. The van der Waals surface area contributed by atoms with Gasteiger partial charge in [-0.3, -0.25) is 5.41 Å². The zero-order valence-corrected chi connectivity index (χ0v) is 18.5. The number of nitrogens with zero attached hydrogens (tertiary/aromatic N) is 1. The van der Waals surface area contributed by atoms with Crippen LogP contribution in [0.4, 0.5) is 0 Å². The predicted molar refractivity (Wildman–Crippen MR) is 128 cm³/mol. The number of aryl methyl sites for hydroxylation is 1. The Morgan fingerprint density at radius 3 is 2.74 bits per heavy atom. The van der Waals surface area contributed by atoms with E-state index < -0.39 is 0 Å². The molecule has 5 rings (SSSR count). The van der Waals surface area contributed by atoms with E-state index in [4.69, 9.17) is 5.41 Å². The molecule has 2 aliphatic carbocycles. The second-order valence-corrected chi connectivity index (χ2v) is 9.59. The Kier molecular flexibility index (Phi) is 5.22. The average molecular weight is 416 g/mol. The second-order valence-electron chi connectivity index (χ2n) is 9.59. The van der Waals surface area contributed by atoms with E-state index in [9.17, 15) is 0 Å². The predicted octanol–water partition coefficient (Wildman–Crippen LogP) is 3.84. The molecule has 3 aromatic rings. The highest BCUT2D eigenvalue weighted by Crippen LogP contribution is 2.42. The van der Waals surface area contributed by atoms with Crippen LogP contribution in [0.5, 0.6) is 0 Å². The molecule has 31 heavy (non-hydrogen) atoms. The van der Waals surface area contributed by atoms with Crippen LogP contribution in [0.1, 0.15) is 36.0 Å². The molecule has 0 saturated heterocycles. The number of hydrogen-bond acceptors (Lipinski definition) is 2. The number of aromatic nitrogens is 1. The molecule has 0 bridgehead atoms. The molecular weight excluding hydrogens is 382 g/mol. The Hall–Kier alpha value is -2.79. The van der Waals surface area contributed by atoms with Gasteiger partial charge in [-0.15, -0.1) is 0 Å². The SMILES string of the molecule is CN(C)[C@@H](Cc1ccc2[nH]ccc2c1)C1(NC(=N)N[C@H]2CCc3ccccc3C2)CC1. The second kappa shape index (κ2) is 8.04. The Morgan fingerprint density at radius 2 is 1.97 bits per heavy atom. The number of benzene rings is 2. The van der Waals surface area contributed by atoms with E-state index in [1.807, 2.05) is 6.20 Å². The van der Waals surface area contributed by atoms with Crippen molar-refractivity contribution in [3.8, 4) is 0 Å². The summed E-state index contributed by atoms with van der Waals surface area (Å²) in [6.45, 7) is 0. The maximum Gasteiger partial charge on any atom is 0.189 e. The van der Waals surface area contributed by atoms with Gasteiger partial charge in [-0.1, -0.05) is 30.3 Å². The van der Waals surface area contributed by atoms with Gasteiger partial charge in [0.15, 0.2) is 5.96 Å². The van der Waals surface area contributed by atoms with Crippen molar-refractivity contribution in [3.05, 3.63) is 71.4 Å². The molecule has 5 nitrogen and oxygen atoms in total. The zero-order valence-electron chi connectivity index (χ0n) is 18.5. The van der Waals surface area contributed by atoms with E-state index in [1.54, 1.807) is 0 Å². The Bertz CT molecular complexity index is 1080. The third-order valence-electron chi connectivity index (χ3n) is 7.17. The fourth-order valence-electron chi connectivity index (χ4n) is 5.31. The minimum absolute atomic E-state index is 0.0206. The first-order valence-electron chi connectivity index (χ1n) is 11.4. The van der Waals surface area contributed by atoms with Gasteiger partial charge in [0.05, 0.1) is 5.54 Å². The quantitative estimate of drug-likeness (QED) is 0.365. The van der Waals surface area contributed by atoms with Gasteiger partial charge < -0.3 is 20.5 Å². The molecule has 0 radical (unpaired) electrons. The molecule has 162 valence electrons. The van der Waals surface area contributed by atoms with Gasteiger partial charge in [0.1, 0.15) is 0 Å². The molecule has 1 aromatic heterocycles. The summed E-state index contributed by atoms with van der Waals surface area (Å²) >= 11 is 0. The lowest BCUT2D eigenvalue weighted by molar-refractivity contribution is 0.225. The number of fused-ring (bicyclic) bond motifs is 2. The lowest BCUT2D eigenvalue weighted by atomic mass is 9.88. The van der Waals surface area contributed by atoms with Crippen molar-refractivity contribution in [2.24, 2.45) is 0 Å². The van der Waals surface area contributed by atoms with Crippen molar-refractivity contribution in [3.63, 3.8) is 0 Å². The molecule has 1 fully saturated rings. The summed E-state index contributed by atoms with van der Waals surface area (Å²) in [6.07, 6.45) is 8.38. The standard InChI is InChI=1S/C26H33N5/c1-31(2)24(16-18-7-10-23-21(15-18)11-14-28-23)26(12-13-26)30-25(27)29-22-9-8-19-5-3-4-6-20(19)17-22/h3-7,10-11,14-15,22,24,28H,8-9,12-13,16-17H2,1-2H3,(H3,27,29,30)/t22-,24-/m0/s1. The number of guanidine groups is 1. The van der Waals surface area contributed by atoms with Crippen molar-refractivity contribution in [1.82, 2.24) is 20.5 Å². The van der Waals surface area contributed by atoms with Gasteiger partial charge in [-0.05, 0) is 92.9 Å². The number of likely N-dealkylation sites (N-methyl/N-ethyl adjacent to an activating group) is 1. The van der Waals surface area contributed by atoms with Gasteiger partial charge in [-0.2, -0.15) is 0 Å². The van der Waals surface area contributed by atoms with Gasteiger partial charge in [-0.25, -0.2) is 0 Å². The lowest BCUT2D eigenvalue weighted by Gasteiger charge is -2.35. The molecule has 5 heteroatoms. The number of nitrogens with one attached hydrogen (secondary N) is 4. The molecule has 0 amide bonds. The van der Waals surface area contributed by atoms with Gasteiger partial charge >= 0.3 is 0 Å². The van der Waals surface area contributed by atoms with Gasteiger partial charge in [0.25, 0.3) is 0 Å². The normalized spacial score (nSPS) is 20.3. The highest BCUT2D eigenvalue weighted by atomic mass is 15.3. The average Bonchev–Trinajstić information content (AvgIpc) is 3.36. The summed E-state index contributed by atoms with van der Waals surface area (Å²) < 4.78 is 0. The Morgan fingerprint density at radius 1 is 1.16 bits per heavy atom. The molecule has 4 N–H and O–H groups in total. The summed E-state index contributed by atoms with van der Waals surface area (Å²) in [7, 11) is 4.33. The summed E-state index contributed by atoms with van der Waals surface area (Å²) in [5.74, 6) is 0.481. The maximum absolute atomic E-state index is 8.66. The molecule has 2 aliphatic rings. The van der Waals surface area contributed by atoms with Crippen LogP contribution in [-0.4, -0.2) is 47.6 Å². The summed E-state index contributed by atoms with van der Waals surface area (Å²) in [4.78, 5) is 5.60. The monoisotopic (exact) mass is 415 g/mol. The fourth-order valence-corrected chi connectivity index (χ4v) is 5.31. The molecule has 2 aromatic carbocycles. The van der Waals surface area contributed by atoms with Crippen LogP contribution in [0, 0.1) is 5.41 Å². The Labute approximate surface area is 184 Å². The first-order valence-corrected chi connectivity index (χ1v) is 11.4. The van der Waals surface area contributed by atoms with E-state index in [-0.39, 0.29) is 5.54 Å². The van der Waals surface area contributed by atoms with Crippen LogP contribution in [0.3, 0.4) is 0 Å². The van der Waals surface area contributed by atoms with Crippen molar-refractivity contribution in [1.29, 1.82) is 5.41 Å². The van der Waals surface area contributed by atoms with Crippen molar-refractivity contribution in [2.45, 2.75) is 56.1 Å². The van der Waals surface area contributed by atoms with Crippen molar-refractivity contribution >= 4 is 16.9 Å². The van der Waals surface area contributed by atoms with Crippen LogP contribution in [0.25, 0.3) is 10.9 Å². The van der Waals surface area contributed by atoms with Crippen molar-refractivity contribution < 1.29 is 0 Å². The van der Waals surface area contributed by atoms with Crippen LogP contribution in [0.2, 0.25) is 0 Å². The number of H-pyrrole nitrogens is 1. The third-order valence-corrected chi connectivity index (χ3v) is 7.17. The topological polar surface area (TPSA) is 66.9 Å². The summed E-state index contributed by atoms with van der Waals surface area (Å²) in [6, 6.07) is 18.2. The number of hydrogen-bond donors (Lipinski definition) is 4. The van der Waals surface area contributed by atoms with Crippen LogP contribution < -0.4 is 10.6 Å². The lowest BCUT2D eigenvalue weighted by Crippen LogP contribution is -2.57. The van der Waals surface area contributed by atoms with Gasteiger partial charge in [0.2, 0.25) is 0 Å². The van der Waals surface area contributed by atoms with E-state index in [2.05, 4.69) is 83.1 Å². The van der Waals surface area contributed by atoms with Gasteiger partial charge in [0, 0.05) is 23.8 Å². The Balaban J connectivity index is 1.24. The molecule has 1 heterocycles. The molecule has 0 spiro atoms. The molecule has 0 unspecified atom stereocenters. The van der Waals surface area contributed by atoms with Crippen LogP contribution in [-0.2, 0) is 19.3 Å². The maximum atomic E-state index is 8.66. The van der Waals surface area contributed by atoms with E-state index >= 15 is 0 Å². The third kappa shape index (κ3) is 4.19. The molecule has 2 atom stereocenters. The van der Waals surface area contributed by atoms with Crippen LogP contribution in [0.15, 0.2) is 54.7 Å². The fraction of sp³-hybridized carbons (Fsp3) is 0.423. The van der Waals surface area contributed by atoms with Crippen molar-refractivity contribution in [2.75, 3.05) is 14.1 Å². The minimum Gasteiger partial charge on any atom is -0.361 e. The number of aromatic amines is 1. The van der Waals surface area contributed by atoms with Crippen LogP contribution >= 0.6 is 0 Å². The first kappa shape index (κ1) is 20.1. The minimum atomic E-state index is -0.0206. The molecular formula is C26H33N5. The summed E-state index contributed by atoms with van der Waals surface area (Å²) in [5, 5.41) is 17.0. The zero-order chi connectivity index (χ0) is 21.4. The smallest absolute Gasteiger partial charge is 0.189 e. The molecule has 0 aliphatic heterocycles. The number of rotatable bonds is 6. The summed E-state index contributed by atoms with van der Waals surface area (Å²) in [5.41, 5.74) is 5.40. The van der Waals surface area contributed by atoms with E-state index in [1.165, 1.54) is 27.6 Å². The van der Waals surface area contributed by atoms with E-state index in [0.717, 1.165) is 38.5 Å². The highest BCUT2D eigenvalue weighted by molar-refractivity contribution is 5.80.